The Labute approximate surface area is 186 Å². The zero-order valence-corrected chi connectivity index (χ0v) is 17.4. The van der Waals surface area contributed by atoms with Gasteiger partial charge in [-0.25, -0.2) is 0 Å². The highest BCUT2D eigenvalue weighted by Gasteiger charge is 2.40. The van der Waals surface area contributed by atoms with Gasteiger partial charge in [0.1, 0.15) is 5.70 Å². The molecule has 1 aromatic heterocycles. The third-order valence-electron chi connectivity index (χ3n) is 5.36. The summed E-state index contributed by atoms with van der Waals surface area (Å²) in [6.07, 6.45) is 0. The Kier molecular flexibility index (Phi) is 4.29. The summed E-state index contributed by atoms with van der Waals surface area (Å²) in [5.41, 5.74) is 1.98. The molecule has 0 unspecified atom stereocenters. The Bertz CT molecular complexity index is 1280. The summed E-state index contributed by atoms with van der Waals surface area (Å²) < 4.78 is 21.5. The molecular formula is C23H16N2O6S. The molecule has 2 aromatic carbocycles. The number of carbonyl (C=O) groups excluding carboxylic acids is 2. The molecule has 32 heavy (non-hydrogen) atoms. The number of benzene rings is 2. The number of thiophene rings is 1. The molecule has 3 aliphatic heterocycles. The number of anilines is 1. The predicted molar refractivity (Wildman–Crippen MR) is 116 cm³/mol. The van der Waals surface area contributed by atoms with E-state index in [9.17, 15) is 9.59 Å². The van der Waals surface area contributed by atoms with Crippen molar-refractivity contribution < 1.29 is 28.5 Å². The maximum absolute atomic E-state index is 13.4. The highest BCUT2D eigenvalue weighted by Crippen LogP contribution is 2.38. The Morgan fingerprint density at radius 3 is 2.31 bits per heavy atom. The van der Waals surface area contributed by atoms with Crippen LogP contribution in [-0.4, -0.2) is 30.3 Å². The van der Waals surface area contributed by atoms with Crippen LogP contribution in [-0.2, 0) is 16.1 Å². The van der Waals surface area contributed by atoms with Gasteiger partial charge in [-0.1, -0.05) is 12.1 Å². The molecule has 0 atom stereocenters. The maximum Gasteiger partial charge on any atom is 0.278 e. The third-order valence-corrected chi connectivity index (χ3v) is 6.24. The van der Waals surface area contributed by atoms with Crippen molar-refractivity contribution >= 4 is 34.4 Å². The summed E-state index contributed by atoms with van der Waals surface area (Å²) in [6, 6.07) is 14.4. The molecule has 0 fully saturated rings. The van der Waals surface area contributed by atoms with E-state index in [0.29, 0.717) is 34.3 Å². The topological polar surface area (TPSA) is 86.3 Å². The van der Waals surface area contributed by atoms with Gasteiger partial charge in [0, 0.05) is 16.6 Å². The van der Waals surface area contributed by atoms with Crippen molar-refractivity contribution in [3.63, 3.8) is 0 Å². The van der Waals surface area contributed by atoms with Gasteiger partial charge in [0.2, 0.25) is 13.6 Å². The average Bonchev–Trinajstić information content (AvgIpc) is 3.59. The Balaban J connectivity index is 1.33. The number of rotatable bonds is 5. The quantitative estimate of drug-likeness (QED) is 0.597. The van der Waals surface area contributed by atoms with Crippen molar-refractivity contribution in [1.29, 1.82) is 0 Å². The fourth-order valence-corrected chi connectivity index (χ4v) is 4.59. The lowest BCUT2D eigenvalue weighted by atomic mass is 10.1. The lowest BCUT2D eigenvalue weighted by Crippen LogP contribution is -2.31. The van der Waals surface area contributed by atoms with Crippen molar-refractivity contribution in [2.45, 2.75) is 6.54 Å². The molecule has 0 saturated heterocycles. The fraction of sp³-hybridized carbons (Fsp3) is 0.130. The van der Waals surface area contributed by atoms with Gasteiger partial charge in [-0.2, -0.15) is 0 Å². The minimum atomic E-state index is -0.395. The highest BCUT2D eigenvalue weighted by atomic mass is 32.1. The molecule has 6 rings (SSSR count). The average molecular weight is 448 g/mol. The summed E-state index contributed by atoms with van der Waals surface area (Å²) >= 11 is 1.41. The van der Waals surface area contributed by atoms with Gasteiger partial charge in [-0.15, -0.1) is 11.3 Å². The Morgan fingerprint density at radius 2 is 1.56 bits per heavy atom. The Hall–Kier alpha value is -3.98. The van der Waals surface area contributed by atoms with E-state index in [-0.39, 0.29) is 31.7 Å². The summed E-state index contributed by atoms with van der Waals surface area (Å²) in [4.78, 5) is 28.7. The van der Waals surface area contributed by atoms with Crippen LogP contribution in [0.1, 0.15) is 10.4 Å². The smallest absolute Gasteiger partial charge is 0.278 e. The predicted octanol–water partition coefficient (Wildman–Crippen LogP) is 3.60. The monoisotopic (exact) mass is 448 g/mol. The van der Waals surface area contributed by atoms with Crippen LogP contribution in [0, 0.1) is 0 Å². The molecular weight excluding hydrogens is 432 g/mol. The van der Waals surface area contributed by atoms with Gasteiger partial charge in [-0.05, 0) is 41.3 Å². The molecule has 0 radical (unpaired) electrons. The second kappa shape index (κ2) is 7.31. The van der Waals surface area contributed by atoms with Gasteiger partial charge in [0.05, 0.1) is 12.1 Å². The second-order valence-electron chi connectivity index (χ2n) is 7.30. The second-order valence-corrected chi connectivity index (χ2v) is 8.25. The van der Waals surface area contributed by atoms with Crippen LogP contribution < -0.4 is 24.3 Å². The summed E-state index contributed by atoms with van der Waals surface area (Å²) in [7, 11) is 0. The van der Waals surface area contributed by atoms with E-state index < -0.39 is 5.91 Å². The van der Waals surface area contributed by atoms with Crippen LogP contribution in [0.25, 0.3) is 5.57 Å². The highest BCUT2D eigenvalue weighted by molar-refractivity contribution is 7.11. The number of ether oxygens (including phenoxy) is 4. The molecule has 9 heteroatoms. The number of hydrogen-bond donors (Lipinski definition) is 1. The van der Waals surface area contributed by atoms with Gasteiger partial charge >= 0.3 is 0 Å². The molecule has 4 heterocycles. The number of amides is 2. The van der Waals surface area contributed by atoms with Crippen molar-refractivity contribution in [1.82, 2.24) is 4.90 Å². The first-order valence-electron chi connectivity index (χ1n) is 9.87. The van der Waals surface area contributed by atoms with Crippen molar-refractivity contribution in [3.05, 3.63) is 70.0 Å². The van der Waals surface area contributed by atoms with Crippen LogP contribution in [0.4, 0.5) is 5.69 Å². The van der Waals surface area contributed by atoms with E-state index in [1.54, 1.807) is 30.3 Å². The minimum absolute atomic E-state index is 0.121. The van der Waals surface area contributed by atoms with Crippen molar-refractivity contribution in [2.24, 2.45) is 0 Å². The first-order chi connectivity index (χ1) is 15.7. The van der Waals surface area contributed by atoms with Crippen molar-refractivity contribution in [3.8, 4) is 23.0 Å². The van der Waals surface area contributed by atoms with E-state index >= 15 is 0 Å². The minimum Gasteiger partial charge on any atom is -0.454 e. The van der Waals surface area contributed by atoms with Gasteiger partial charge in [0.15, 0.2) is 23.0 Å². The van der Waals surface area contributed by atoms with E-state index in [1.807, 2.05) is 23.6 Å². The van der Waals surface area contributed by atoms with Crippen LogP contribution in [0.2, 0.25) is 0 Å². The summed E-state index contributed by atoms with van der Waals surface area (Å²) in [5, 5.41) is 5.01. The Morgan fingerprint density at radius 1 is 0.844 bits per heavy atom. The van der Waals surface area contributed by atoms with Crippen LogP contribution in [0.3, 0.4) is 0 Å². The summed E-state index contributed by atoms with van der Waals surface area (Å²) in [6.45, 7) is 0.437. The maximum atomic E-state index is 13.4. The van der Waals surface area contributed by atoms with Crippen LogP contribution in [0.15, 0.2) is 59.6 Å². The molecule has 0 spiro atoms. The SMILES string of the molecule is O=C1C(Nc2ccc3c(c2)OCO3)=C(c2cccs2)C(=O)N1Cc1ccc2c(c1)OCO2. The molecule has 0 saturated carbocycles. The number of fused-ring (bicyclic) bond motifs is 2. The van der Waals surface area contributed by atoms with Gasteiger partial charge < -0.3 is 24.3 Å². The number of nitrogens with zero attached hydrogens (tertiary/aromatic N) is 1. The fourth-order valence-electron chi connectivity index (χ4n) is 3.83. The molecule has 3 aliphatic rings. The zero-order valence-electron chi connectivity index (χ0n) is 16.6. The van der Waals surface area contributed by atoms with Gasteiger partial charge in [-0.3, -0.25) is 14.5 Å². The first kappa shape index (κ1) is 18.8. The molecule has 0 bridgehead atoms. The number of nitrogens with one attached hydrogen (secondary N) is 1. The van der Waals surface area contributed by atoms with E-state index in [0.717, 1.165) is 10.4 Å². The van der Waals surface area contributed by atoms with Crippen LogP contribution in [0.5, 0.6) is 23.0 Å². The molecule has 2 amide bonds. The zero-order chi connectivity index (χ0) is 21.7. The molecule has 3 aromatic rings. The van der Waals surface area contributed by atoms with E-state index in [2.05, 4.69) is 5.32 Å². The summed E-state index contributed by atoms with van der Waals surface area (Å²) in [5.74, 6) is 1.73. The molecule has 0 aliphatic carbocycles. The number of imide groups is 1. The van der Waals surface area contributed by atoms with E-state index in [1.165, 1.54) is 16.2 Å². The normalized spacial score (nSPS) is 16.3. The van der Waals surface area contributed by atoms with Crippen LogP contribution >= 0.6 is 11.3 Å². The standard InChI is InChI=1S/C23H16N2O6S/c26-22-20(19-2-1-7-32-19)21(24-14-4-6-16-18(9-14)31-12-29-16)23(27)25(22)10-13-3-5-15-17(8-13)30-11-28-15/h1-9,24H,10-12H2. The van der Waals surface area contributed by atoms with Gasteiger partial charge in [0.25, 0.3) is 11.8 Å². The number of carbonyl (C=O) groups is 2. The third kappa shape index (κ3) is 3.05. The lowest BCUT2D eigenvalue weighted by molar-refractivity contribution is -0.137. The molecule has 8 nitrogen and oxygen atoms in total. The van der Waals surface area contributed by atoms with E-state index in [4.69, 9.17) is 18.9 Å². The number of hydrogen-bond acceptors (Lipinski definition) is 8. The first-order valence-corrected chi connectivity index (χ1v) is 10.7. The lowest BCUT2D eigenvalue weighted by Gasteiger charge is -2.15. The molecule has 160 valence electrons. The molecule has 1 N–H and O–H groups in total. The largest absolute Gasteiger partial charge is 0.454 e. The van der Waals surface area contributed by atoms with Crippen molar-refractivity contribution in [2.75, 3.05) is 18.9 Å².